The quantitative estimate of drug-likeness (QED) is 0.905. The molecule has 1 N–H and O–H groups in total. The highest BCUT2D eigenvalue weighted by atomic mass is 32.2. The minimum absolute atomic E-state index is 0.242. The first kappa shape index (κ1) is 15.3. The molecule has 1 aliphatic rings. The van der Waals surface area contributed by atoms with Gasteiger partial charge < -0.3 is 14.8 Å². The second-order valence-corrected chi connectivity index (χ2v) is 6.81. The van der Waals surface area contributed by atoms with Gasteiger partial charge in [0.25, 0.3) is 0 Å². The molecule has 0 radical (unpaired) electrons. The zero-order chi connectivity index (χ0) is 14.5. The summed E-state index contributed by atoms with van der Waals surface area (Å²) < 4.78 is 23.7. The number of benzene rings is 1. The van der Waals surface area contributed by atoms with Crippen LogP contribution >= 0.6 is 0 Å². The van der Waals surface area contributed by atoms with Crippen LogP contribution in [0.2, 0.25) is 0 Å². The van der Waals surface area contributed by atoms with Crippen LogP contribution in [0.4, 0.5) is 0 Å². The van der Waals surface area contributed by atoms with E-state index in [0.717, 1.165) is 17.1 Å². The number of fused-ring (bicyclic) bond motifs is 1. The Balaban J connectivity index is 2.12. The monoisotopic (exact) mass is 297 g/mol. The molecule has 0 saturated heterocycles. The summed E-state index contributed by atoms with van der Waals surface area (Å²) in [6, 6.07) is 5.82. The van der Waals surface area contributed by atoms with E-state index in [4.69, 9.17) is 9.47 Å². The van der Waals surface area contributed by atoms with Crippen molar-refractivity contribution in [2.45, 2.75) is 31.2 Å². The number of rotatable bonds is 5. The Labute approximate surface area is 123 Å². The lowest BCUT2D eigenvalue weighted by Crippen LogP contribution is -2.35. The molecule has 0 bridgehead atoms. The van der Waals surface area contributed by atoms with Crippen molar-refractivity contribution in [1.29, 1.82) is 0 Å². The normalized spacial score (nSPS) is 17.6. The van der Waals surface area contributed by atoms with Crippen molar-refractivity contribution in [3.05, 3.63) is 18.2 Å². The molecule has 1 aromatic carbocycles. The lowest BCUT2D eigenvalue weighted by molar-refractivity contribution is 0.297. The molecule has 1 aliphatic heterocycles. The molecule has 2 atom stereocenters. The van der Waals surface area contributed by atoms with Gasteiger partial charge in [0.15, 0.2) is 11.5 Å². The van der Waals surface area contributed by atoms with Crippen LogP contribution < -0.4 is 14.8 Å². The van der Waals surface area contributed by atoms with E-state index >= 15 is 0 Å². The second kappa shape index (κ2) is 7.09. The molecule has 4 nitrogen and oxygen atoms in total. The van der Waals surface area contributed by atoms with Crippen LogP contribution in [-0.2, 0) is 10.8 Å². The van der Waals surface area contributed by atoms with Crippen molar-refractivity contribution in [2.24, 2.45) is 5.92 Å². The van der Waals surface area contributed by atoms with E-state index in [9.17, 15) is 4.21 Å². The van der Waals surface area contributed by atoms with Gasteiger partial charge in [0.05, 0.1) is 24.0 Å². The highest BCUT2D eigenvalue weighted by Crippen LogP contribution is 2.31. The van der Waals surface area contributed by atoms with Gasteiger partial charge in [-0.3, -0.25) is 4.21 Å². The zero-order valence-electron chi connectivity index (χ0n) is 12.3. The molecular formula is C15H23NO3S. The van der Waals surface area contributed by atoms with Crippen LogP contribution in [0.25, 0.3) is 0 Å². The summed E-state index contributed by atoms with van der Waals surface area (Å²) in [5, 5.41) is 3.23. The van der Waals surface area contributed by atoms with Gasteiger partial charge in [0.2, 0.25) is 0 Å². The Morgan fingerprint density at radius 2 is 1.95 bits per heavy atom. The Bertz CT molecular complexity index is 476. The van der Waals surface area contributed by atoms with Crippen LogP contribution in [-0.4, -0.2) is 36.3 Å². The average Bonchev–Trinajstić information content (AvgIpc) is 2.68. The molecule has 5 heteroatoms. The Hall–Kier alpha value is -1.07. The summed E-state index contributed by atoms with van der Waals surface area (Å²) in [4.78, 5) is 0.801. The summed E-state index contributed by atoms with van der Waals surface area (Å²) in [5.74, 6) is 2.51. The van der Waals surface area contributed by atoms with Crippen molar-refractivity contribution in [1.82, 2.24) is 5.32 Å². The Morgan fingerprint density at radius 1 is 1.25 bits per heavy atom. The lowest BCUT2D eigenvalue weighted by Gasteiger charge is -2.19. The molecule has 0 fully saturated rings. The molecule has 0 saturated carbocycles. The summed E-state index contributed by atoms with van der Waals surface area (Å²) >= 11 is 0. The third-order valence-corrected chi connectivity index (χ3v) is 4.93. The van der Waals surface area contributed by atoms with Gasteiger partial charge in [0.1, 0.15) is 0 Å². The smallest absolute Gasteiger partial charge is 0.162 e. The van der Waals surface area contributed by atoms with Crippen molar-refractivity contribution in [2.75, 3.05) is 26.0 Å². The first-order valence-electron chi connectivity index (χ1n) is 7.07. The highest BCUT2D eigenvalue weighted by Gasteiger charge is 2.18. The molecule has 0 amide bonds. The molecule has 2 unspecified atom stereocenters. The summed E-state index contributed by atoms with van der Waals surface area (Å²) in [5.41, 5.74) is 0. The first-order valence-corrected chi connectivity index (χ1v) is 8.39. The van der Waals surface area contributed by atoms with Crippen molar-refractivity contribution < 1.29 is 13.7 Å². The number of ether oxygens (including phenoxy) is 2. The molecule has 20 heavy (non-hydrogen) atoms. The minimum atomic E-state index is -1.04. The molecule has 1 heterocycles. The fourth-order valence-electron chi connectivity index (χ4n) is 2.15. The van der Waals surface area contributed by atoms with E-state index in [2.05, 4.69) is 19.2 Å². The van der Waals surface area contributed by atoms with Gasteiger partial charge >= 0.3 is 0 Å². The molecule has 0 aromatic heterocycles. The van der Waals surface area contributed by atoms with Crippen LogP contribution in [0, 0.1) is 5.92 Å². The Kier molecular flexibility index (Phi) is 5.43. The van der Waals surface area contributed by atoms with Crippen LogP contribution in [0.15, 0.2) is 23.1 Å². The third kappa shape index (κ3) is 3.73. The molecule has 0 spiro atoms. The Morgan fingerprint density at radius 3 is 2.60 bits per heavy atom. The van der Waals surface area contributed by atoms with E-state index in [1.807, 2.05) is 25.2 Å². The van der Waals surface area contributed by atoms with E-state index < -0.39 is 10.8 Å². The molecule has 2 rings (SSSR count). The van der Waals surface area contributed by atoms with E-state index in [1.165, 1.54) is 0 Å². The van der Waals surface area contributed by atoms with Gasteiger partial charge in [-0.15, -0.1) is 0 Å². The topological polar surface area (TPSA) is 47.6 Å². The van der Waals surface area contributed by atoms with Crippen molar-refractivity contribution >= 4 is 10.8 Å². The van der Waals surface area contributed by atoms with Gasteiger partial charge in [-0.2, -0.15) is 0 Å². The summed E-state index contributed by atoms with van der Waals surface area (Å²) in [7, 11) is 0.877. The fourth-order valence-corrected chi connectivity index (χ4v) is 3.68. The highest BCUT2D eigenvalue weighted by molar-refractivity contribution is 7.85. The van der Waals surface area contributed by atoms with E-state index in [1.54, 1.807) is 0 Å². The maximum absolute atomic E-state index is 12.5. The van der Waals surface area contributed by atoms with Crippen LogP contribution in [0.1, 0.15) is 20.3 Å². The minimum Gasteiger partial charge on any atom is -0.490 e. The van der Waals surface area contributed by atoms with Gasteiger partial charge in [0, 0.05) is 29.2 Å². The fraction of sp³-hybridized carbons (Fsp3) is 0.600. The summed E-state index contributed by atoms with van der Waals surface area (Å²) in [6.07, 6.45) is 0.877. The SMILES string of the molecule is CNC(CS(=O)c1ccc2c(c1)OCCCO2)C(C)C. The first-order chi connectivity index (χ1) is 9.61. The van der Waals surface area contributed by atoms with Crippen LogP contribution in [0.5, 0.6) is 11.5 Å². The molecular weight excluding hydrogens is 274 g/mol. The average molecular weight is 297 g/mol. The lowest BCUT2D eigenvalue weighted by atomic mass is 10.1. The van der Waals surface area contributed by atoms with Gasteiger partial charge in [-0.1, -0.05) is 13.8 Å². The van der Waals surface area contributed by atoms with Crippen molar-refractivity contribution in [3.63, 3.8) is 0 Å². The van der Waals surface area contributed by atoms with Crippen molar-refractivity contribution in [3.8, 4) is 11.5 Å². The maximum atomic E-state index is 12.5. The molecule has 112 valence electrons. The van der Waals surface area contributed by atoms with Crippen LogP contribution in [0.3, 0.4) is 0 Å². The van der Waals surface area contributed by atoms with E-state index in [-0.39, 0.29) is 6.04 Å². The number of hydrogen-bond acceptors (Lipinski definition) is 4. The van der Waals surface area contributed by atoms with Gasteiger partial charge in [-0.25, -0.2) is 0 Å². The second-order valence-electron chi connectivity index (χ2n) is 5.31. The predicted octanol–water partition coefficient (Wildman–Crippen LogP) is 2.20. The number of nitrogens with one attached hydrogen (secondary N) is 1. The number of hydrogen-bond donors (Lipinski definition) is 1. The maximum Gasteiger partial charge on any atom is 0.162 e. The summed E-state index contributed by atoms with van der Waals surface area (Å²) in [6.45, 7) is 5.58. The zero-order valence-corrected chi connectivity index (χ0v) is 13.2. The standard InChI is InChI=1S/C15H23NO3S/c1-11(2)13(16-3)10-20(17)12-5-6-14-15(9-12)19-8-4-7-18-14/h5-6,9,11,13,16H,4,7-8,10H2,1-3H3. The van der Waals surface area contributed by atoms with E-state index in [0.29, 0.717) is 30.6 Å². The largest absolute Gasteiger partial charge is 0.490 e. The third-order valence-electron chi connectivity index (χ3n) is 3.49. The molecule has 0 aliphatic carbocycles. The predicted molar refractivity (Wildman–Crippen MR) is 81.0 cm³/mol. The molecule has 1 aromatic rings. The van der Waals surface area contributed by atoms with Gasteiger partial charge in [-0.05, 0) is 25.1 Å².